The largest absolute Gasteiger partial charge is 0.390 e. The van der Waals surface area contributed by atoms with Gasteiger partial charge in [0.25, 0.3) is 0 Å². The third-order valence-corrected chi connectivity index (χ3v) is 6.79. The van der Waals surface area contributed by atoms with Crippen molar-refractivity contribution in [2.75, 3.05) is 0 Å². The summed E-state index contributed by atoms with van der Waals surface area (Å²) in [6, 6.07) is 0. The van der Waals surface area contributed by atoms with E-state index >= 15 is 0 Å². The number of hydrogen-bond acceptors (Lipinski definition) is 1. The molecule has 0 aliphatic heterocycles. The Hall–Kier alpha value is -0.0400. The Bertz CT molecular complexity index is 313. The van der Waals surface area contributed by atoms with Crippen molar-refractivity contribution in [3.8, 4) is 0 Å². The molecule has 16 heavy (non-hydrogen) atoms. The van der Waals surface area contributed by atoms with Gasteiger partial charge in [0, 0.05) is 0 Å². The van der Waals surface area contributed by atoms with Crippen LogP contribution in [0.5, 0.6) is 0 Å². The number of aliphatic hydroxyl groups is 1. The Labute approximate surface area is 99.6 Å². The van der Waals surface area contributed by atoms with Crippen LogP contribution in [0.2, 0.25) is 0 Å². The van der Waals surface area contributed by atoms with Crippen LogP contribution < -0.4 is 0 Å². The highest BCUT2D eigenvalue weighted by atomic mass is 16.3. The molecule has 0 unspecified atom stereocenters. The molecular formula is C15H26O. The summed E-state index contributed by atoms with van der Waals surface area (Å²) in [7, 11) is 0. The Morgan fingerprint density at radius 2 is 1.69 bits per heavy atom. The van der Waals surface area contributed by atoms with Gasteiger partial charge in [-0.05, 0) is 67.6 Å². The third kappa shape index (κ3) is 1.06. The van der Waals surface area contributed by atoms with Crippen molar-refractivity contribution in [3.05, 3.63) is 0 Å². The van der Waals surface area contributed by atoms with Crippen LogP contribution in [0.15, 0.2) is 0 Å². The monoisotopic (exact) mass is 222 g/mol. The molecule has 3 aliphatic carbocycles. The first-order valence-corrected chi connectivity index (χ1v) is 7.03. The zero-order valence-corrected chi connectivity index (χ0v) is 11.2. The van der Waals surface area contributed by atoms with Crippen LogP contribution in [0, 0.1) is 28.6 Å². The van der Waals surface area contributed by atoms with E-state index in [0.717, 1.165) is 18.3 Å². The molecule has 3 rings (SSSR count). The number of fused-ring (bicyclic) bond motifs is 1. The van der Waals surface area contributed by atoms with Crippen molar-refractivity contribution < 1.29 is 5.11 Å². The Morgan fingerprint density at radius 3 is 2.38 bits per heavy atom. The first-order chi connectivity index (χ1) is 7.31. The van der Waals surface area contributed by atoms with Crippen LogP contribution in [0.25, 0.3) is 0 Å². The van der Waals surface area contributed by atoms with Gasteiger partial charge in [0.2, 0.25) is 0 Å². The van der Waals surface area contributed by atoms with E-state index in [1.54, 1.807) is 0 Å². The Kier molecular flexibility index (Phi) is 1.98. The zero-order valence-electron chi connectivity index (χ0n) is 11.2. The van der Waals surface area contributed by atoms with Crippen LogP contribution >= 0.6 is 0 Å². The highest BCUT2D eigenvalue weighted by Gasteiger charge is 2.67. The van der Waals surface area contributed by atoms with Gasteiger partial charge >= 0.3 is 0 Å². The minimum absolute atomic E-state index is 0.352. The van der Waals surface area contributed by atoms with Gasteiger partial charge in [-0.15, -0.1) is 0 Å². The van der Waals surface area contributed by atoms with Gasteiger partial charge in [0.15, 0.2) is 0 Å². The molecule has 0 radical (unpaired) electrons. The first-order valence-electron chi connectivity index (χ1n) is 7.03. The predicted molar refractivity (Wildman–Crippen MR) is 66.1 cm³/mol. The van der Waals surface area contributed by atoms with Crippen molar-refractivity contribution in [1.82, 2.24) is 0 Å². The topological polar surface area (TPSA) is 20.2 Å². The average Bonchev–Trinajstić information content (AvgIpc) is 2.58. The molecule has 0 aromatic carbocycles. The molecule has 0 saturated heterocycles. The minimum Gasteiger partial charge on any atom is -0.390 e. The quantitative estimate of drug-likeness (QED) is 0.664. The second kappa shape index (κ2) is 2.85. The maximum Gasteiger partial charge on any atom is 0.0653 e. The summed E-state index contributed by atoms with van der Waals surface area (Å²) in [4.78, 5) is 0. The number of rotatable bonds is 0. The fourth-order valence-corrected chi connectivity index (χ4v) is 5.88. The molecule has 1 heteroatoms. The Morgan fingerprint density at radius 1 is 1.00 bits per heavy atom. The molecule has 92 valence electrons. The highest BCUT2D eigenvalue weighted by molar-refractivity contribution is 5.16. The summed E-state index contributed by atoms with van der Waals surface area (Å²) < 4.78 is 0. The zero-order chi connectivity index (χ0) is 11.8. The van der Waals surface area contributed by atoms with E-state index in [0.29, 0.717) is 16.7 Å². The first kappa shape index (κ1) is 11.1. The van der Waals surface area contributed by atoms with E-state index < -0.39 is 5.60 Å². The van der Waals surface area contributed by atoms with Crippen LogP contribution in [0.4, 0.5) is 0 Å². The Balaban J connectivity index is 2.07. The van der Waals surface area contributed by atoms with E-state index in [2.05, 4.69) is 27.7 Å². The highest BCUT2D eigenvalue weighted by Crippen LogP contribution is 2.73. The van der Waals surface area contributed by atoms with Crippen molar-refractivity contribution in [1.29, 1.82) is 0 Å². The molecule has 5 atom stereocenters. The molecular weight excluding hydrogens is 196 g/mol. The van der Waals surface area contributed by atoms with Crippen molar-refractivity contribution >= 4 is 0 Å². The van der Waals surface area contributed by atoms with Crippen LogP contribution in [-0.2, 0) is 0 Å². The van der Waals surface area contributed by atoms with E-state index in [-0.39, 0.29) is 0 Å². The predicted octanol–water partition coefficient (Wildman–Crippen LogP) is 3.61. The maximum atomic E-state index is 10.6. The van der Waals surface area contributed by atoms with Gasteiger partial charge in [-0.3, -0.25) is 0 Å². The lowest BCUT2D eigenvalue weighted by Gasteiger charge is -2.44. The van der Waals surface area contributed by atoms with Gasteiger partial charge < -0.3 is 5.11 Å². The maximum absolute atomic E-state index is 10.6. The lowest BCUT2D eigenvalue weighted by atomic mass is 9.64. The summed E-state index contributed by atoms with van der Waals surface area (Å²) in [6.45, 7) is 9.38. The average molecular weight is 222 g/mol. The fraction of sp³-hybridized carbons (Fsp3) is 1.00. The van der Waals surface area contributed by atoms with Gasteiger partial charge in [-0.1, -0.05) is 20.8 Å². The lowest BCUT2D eigenvalue weighted by molar-refractivity contribution is -0.0717. The lowest BCUT2D eigenvalue weighted by Crippen LogP contribution is -2.44. The molecule has 0 aromatic heterocycles. The van der Waals surface area contributed by atoms with E-state index in [9.17, 15) is 5.11 Å². The third-order valence-electron chi connectivity index (χ3n) is 6.79. The summed E-state index contributed by atoms with van der Waals surface area (Å²) in [5, 5.41) is 10.6. The minimum atomic E-state index is -0.404. The molecule has 0 heterocycles. The molecule has 3 fully saturated rings. The van der Waals surface area contributed by atoms with Gasteiger partial charge in [0.05, 0.1) is 5.60 Å². The molecule has 0 aromatic rings. The SMILES string of the molecule is C[C@@H]1CC[C@H]2C(C)(C)[C@@H]3C[C@@]12CC[C@@]3(C)O. The van der Waals surface area contributed by atoms with Gasteiger partial charge in [-0.2, -0.15) is 0 Å². The normalized spacial score (nSPS) is 58.7. The van der Waals surface area contributed by atoms with Crippen molar-refractivity contribution in [3.63, 3.8) is 0 Å². The fourth-order valence-electron chi connectivity index (χ4n) is 5.88. The molecule has 3 aliphatic rings. The molecule has 2 bridgehead atoms. The summed E-state index contributed by atoms with van der Waals surface area (Å²) in [5.74, 6) is 2.29. The second-order valence-corrected chi connectivity index (χ2v) is 7.70. The molecule has 1 nitrogen and oxygen atoms in total. The smallest absolute Gasteiger partial charge is 0.0653 e. The second-order valence-electron chi connectivity index (χ2n) is 7.70. The molecule has 3 saturated carbocycles. The van der Waals surface area contributed by atoms with Gasteiger partial charge in [0.1, 0.15) is 0 Å². The standard InChI is InChI=1S/C15H26O/c1-10-5-6-11-13(2,3)12-9-15(10,11)8-7-14(12,4)16/h10-12,16H,5-9H2,1-4H3/t10-,11+,12+,14-,15+/m1/s1. The van der Waals surface area contributed by atoms with E-state index in [1.807, 2.05) is 0 Å². The number of hydrogen-bond donors (Lipinski definition) is 1. The van der Waals surface area contributed by atoms with E-state index in [1.165, 1.54) is 25.7 Å². The van der Waals surface area contributed by atoms with Crippen LogP contribution in [-0.4, -0.2) is 10.7 Å². The summed E-state index contributed by atoms with van der Waals surface area (Å²) >= 11 is 0. The van der Waals surface area contributed by atoms with Crippen LogP contribution in [0.3, 0.4) is 0 Å². The summed E-state index contributed by atoms with van der Waals surface area (Å²) in [6.07, 6.45) is 6.41. The molecule has 1 spiro atoms. The summed E-state index contributed by atoms with van der Waals surface area (Å²) in [5.41, 5.74) is 0.542. The molecule has 1 N–H and O–H groups in total. The van der Waals surface area contributed by atoms with Gasteiger partial charge in [-0.25, -0.2) is 0 Å². The van der Waals surface area contributed by atoms with Crippen molar-refractivity contribution in [2.24, 2.45) is 28.6 Å². The molecule has 0 amide bonds. The van der Waals surface area contributed by atoms with Crippen LogP contribution in [0.1, 0.15) is 59.8 Å². The van der Waals surface area contributed by atoms with Crippen molar-refractivity contribution in [2.45, 2.75) is 65.4 Å². The van der Waals surface area contributed by atoms with E-state index in [4.69, 9.17) is 0 Å².